The van der Waals surface area contributed by atoms with E-state index < -0.39 is 16.6 Å². The fourth-order valence-corrected chi connectivity index (χ4v) is 3.10. The lowest BCUT2D eigenvalue weighted by molar-refractivity contribution is -0.384. The lowest BCUT2D eigenvalue weighted by Gasteiger charge is -2.35. The highest BCUT2D eigenvalue weighted by Crippen LogP contribution is 2.29. The van der Waals surface area contributed by atoms with Crippen molar-refractivity contribution in [2.45, 2.75) is 25.8 Å². The topological polar surface area (TPSA) is 114 Å². The van der Waals surface area contributed by atoms with Gasteiger partial charge in [0.2, 0.25) is 5.78 Å². The highest BCUT2D eigenvalue weighted by molar-refractivity contribution is 6.41. The van der Waals surface area contributed by atoms with Gasteiger partial charge in [0.15, 0.2) is 0 Å². The number of ketones is 1. The van der Waals surface area contributed by atoms with Crippen LogP contribution in [-0.4, -0.2) is 28.4 Å². The quantitative estimate of drug-likeness (QED) is 0.267. The minimum atomic E-state index is -0.877. The van der Waals surface area contributed by atoms with Crippen LogP contribution in [0, 0.1) is 10.1 Å². The number of nitrogens with one attached hydrogen (secondary N) is 2. The lowest BCUT2D eigenvalue weighted by Crippen LogP contribution is -2.44. The average molecular weight is 392 g/mol. The molecule has 1 aliphatic heterocycles. The van der Waals surface area contributed by atoms with E-state index >= 15 is 0 Å². The number of nitrogens with zero attached hydrogens (tertiary/aromatic N) is 2. The number of amides is 1. The summed E-state index contributed by atoms with van der Waals surface area (Å²) in [4.78, 5) is 34.5. The molecule has 0 spiro atoms. The molecule has 1 amide bonds. The van der Waals surface area contributed by atoms with Crippen LogP contribution in [0.5, 0.6) is 0 Å². The first kappa shape index (κ1) is 19.9. The predicted octanol–water partition coefficient (Wildman–Crippen LogP) is 2.58. The number of nitro groups is 1. The molecular weight excluding hydrogens is 372 g/mol. The van der Waals surface area contributed by atoms with Crippen molar-refractivity contribution >= 4 is 29.3 Å². The Morgan fingerprint density at radius 2 is 1.86 bits per heavy atom. The third kappa shape index (κ3) is 4.92. The molecule has 0 unspecified atom stereocenters. The summed E-state index contributed by atoms with van der Waals surface area (Å²) in [5.74, 6) is -1.61. The summed E-state index contributed by atoms with van der Waals surface area (Å²) in [5.41, 5.74) is 5.02. The molecule has 2 aromatic carbocycles. The van der Waals surface area contributed by atoms with E-state index in [-0.39, 0.29) is 11.2 Å². The van der Waals surface area contributed by atoms with Crippen molar-refractivity contribution in [3.05, 3.63) is 81.4 Å². The van der Waals surface area contributed by atoms with Gasteiger partial charge in [0, 0.05) is 35.0 Å². The summed E-state index contributed by atoms with van der Waals surface area (Å²) in [6.45, 7) is 4.05. The van der Waals surface area contributed by atoms with Crippen molar-refractivity contribution < 1.29 is 14.5 Å². The van der Waals surface area contributed by atoms with E-state index in [1.165, 1.54) is 36.6 Å². The van der Waals surface area contributed by atoms with Crippen molar-refractivity contribution in [1.82, 2.24) is 10.7 Å². The molecule has 1 aliphatic rings. The Balaban J connectivity index is 1.69. The lowest BCUT2D eigenvalue weighted by atomic mass is 9.85. The van der Waals surface area contributed by atoms with Crippen LogP contribution in [0.4, 0.5) is 5.69 Å². The summed E-state index contributed by atoms with van der Waals surface area (Å²) in [5, 5.41) is 17.7. The number of fused-ring (bicyclic) bond motifs is 1. The van der Waals surface area contributed by atoms with Gasteiger partial charge in [-0.05, 0) is 43.5 Å². The SMILES string of the molecule is CC1(C)Cc2ccccc2C(=CC(=O)C(=O)NN=Cc2ccc([N+](=O)[O-])cc2)N1. The zero-order chi connectivity index (χ0) is 21.0. The van der Waals surface area contributed by atoms with Gasteiger partial charge in [0.05, 0.1) is 11.1 Å². The molecule has 0 atom stereocenters. The van der Waals surface area contributed by atoms with Gasteiger partial charge in [0.25, 0.3) is 5.69 Å². The molecule has 0 saturated heterocycles. The molecule has 8 heteroatoms. The predicted molar refractivity (Wildman–Crippen MR) is 109 cm³/mol. The third-order valence-corrected chi connectivity index (χ3v) is 4.40. The molecule has 29 heavy (non-hydrogen) atoms. The van der Waals surface area contributed by atoms with Crippen molar-refractivity contribution in [3.63, 3.8) is 0 Å². The van der Waals surface area contributed by atoms with E-state index in [2.05, 4.69) is 15.8 Å². The number of carbonyl (C=O) groups excluding carboxylic acids is 2. The fourth-order valence-electron chi connectivity index (χ4n) is 3.10. The van der Waals surface area contributed by atoms with E-state index in [1.807, 2.05) is 38.1 Å². The van der Waals surface area contributed by atoms with Crippen LogP contribution in [0.25, 0.3) is 5.70 Å². The third-order valence-electron chi connectivity index (χ3n) is 4.40. The monoisotopic (exact) mass is 392 g/mol. The molecule has 0 saturated carbocycles. The van der Waals surface area contributed by atoms with E-state index in [0.29, 0.717) is 11.3 Å². The van der Waals surface area contributed by atoms with Crippen LogP contribution in [0.1, 0.15) is 30.5 Å². The number of carbonyl (C=O) groups is 2. The van der Waals surface area contributed by atoms with Crippen molar-refractivity contribution in [2.75, 3.05) is 0 Å². The first-order valence-corrected chi connectivity index (χ1v) is 8.95. The highest BCUT2D eigenvalue weighted by atomic mass is 16.6. The molecule has 0 aliphatic carbocycles. The van der Waals surface area contributed by atoms with Crippen LogP contribution in [0.3, 0.4) is 0 Å². The van der Waals surface area contributed by atoms with Crippen molar-refractivity contribution in [3.8, 4) is 0 Å². The van der Waals surface area contributed by atoms with Gasteiger partial charge in [-0.15, -0.1) is 0 Å². The molecule has 0 bridgehead atoms. The second kappa shape index (κ2) is 8.05. The molecule has 148 valence electrons. The van der Waals surface area contributed by atoms with Crippen molar-refractivity contribution in [2.24, 2.45) is 5.10 Å². The fraction of sp³-hybridized carbons (Fsp3) is 0.190. The Kier molecular flexibility index (Phi) is 5.54. The summed E-state index contributed by atoms with van der Waals surface area (Å²) in [6, 6.07) is 13.4. The van der Waals surface area contributed by atoms with Gasteiger partial charge < -0.3 is 5.32 Å². The molecule has 0 fully saturated rings. The first-order chi connectivity index (χ1) is 13.7. The minimum Gasteiger partial charge on any atom is -0.379 e. The van der Waals surface area contributed by atoms with Gasteiger partial charge in [-0.2, -0.15) is 5.10 Å². The summed E-state index contributed by atoms with van der Waals surface area (Å²) in [7, 11) is 0. The van der Waals surface area contributed by atoms with Crippen LogP contribution in [-0.2, 0) is 16.0 Å². The smallest absolute Gasteiger partial charge is 0.311 e. The summed E-state index contributed by atoms with van der Waals surface area (Å²) >= 11 is 0. The van der Waals surface area contributed by atoms with Crippen LogP contribution in [0.2, 0.25) is 0 Å². The molecule has 2 aromatic rings. The molecule has 3 rings (SSSR count). The standard InChI is InChI=1S/C21H20N4O4/c1-21(2)12-15-5-3-4-6-17(15)18(23-21)11-19(26)20(27)24-22-13-14-7-9-16(10-8-14)25(28)29/h3-11,13,23H,12H2,1-2H3,(H,24,27). The van der Waals surface area contributed by atoms with E-state index in [4.69, 9.17) is 0 Å². The maximum Gasteiger partial charge on any atom is 0.311 e. The zero-order valence-corrected chi connectivity index (χ0v) is 16.0. The van der Waals surface area contributed by atoms with Gasteiger partial charge in [-0.25, -0.2) is 5.43 Å². The number of nitro benzene ring substituents is 1. The Morgan fingerprint density at radius 3 is 2.55 bits per heavy atom. The second-order valence-corrected chi connectivity index (χ2v) is 7.31. The zero-order valence-electron chi connectivity index (χ0n) is 16.0. The van der Waals surface area contributed by atoms with Gasteiger partial charge in [0.1, 0.15) is 0 Å². The van der Waals surface area contributed by atoms with Gasteiger partial charge >= 0.3 is 5.91 Å². The molecule has 0 aromatic heterocycles. The molecule has 2 N–H and O–H groups in total. The Hall–Kier alpha value is -3.81. The second-order valence-electron chi connectivity index (χ2n) is 7.31. The minimum absolute atomic E-state index is 0.0452. The van der Waals surface area contributed by atoms with E-state index in [1.54, 1.807) is 0 Å². The maximum absolute atomic E-state index is 12.3. The van der Waals surface area contributed by atoms with Crippen LogP contribution >= 0.6 is 0 Å². The Bertz CT molecular complexity index is 1020. The van der Waals surface area contributed by atoms with Crippen LogP contribution in [0.15, 0.2) is 59.7 Å². The summed E-state index contributed by atoms with van der Waals surface area (Å²) < 4.78 is 0. The summed E-state index contributed by atoms with van der Waals surface area (Å²) in [6.07, 6.45) is 3.39. The van der Waals surface area contributed by atoms with Crippen LogP contribution < -0.4 is 10.7 Å². The number of hydrogen-bond donors (Lipinski definition) is 2. The first-order valence-electron chi connectivity index (χ1n) is 8.95. The molecule has 8 nitrogen and oxygen atoms in total. The van der Waals surface area contributed by atoms with Crippen molar-refractivity contribution in [1.29, 1.82) is 0 Å². The number of hydrazone groups is 1. The Labute approximate surface area is 167 Å². The highest BCUT2D eigenvalue weighted by Gasteiger charge is 2.28. The number of rotatable bonds is 5. The normalized spacial score (nSPS) is 16.1. The molecule has 1 heterocycles. The van der Waals surface area contributed by atoms with Gasteiger partial charge in [-0.1, -0.05) is 24.3 Å². The van der Waals surface area contributed by atoms with E-state index in [9.17, 15) is 19.7 Å². The number of non-ortho nitro benzene ring substituents is 1. The van der Waals surface area contributed by atoms with Gasteiger partial charge in [-0.3, -0.25) is 19.7 Å². The number of benzene rings is 2. The molecule has 0 radical (unpaired) electrons. The number of hydrogen-bond acceptors (Lipinski definition) is 6. The maximum atomic E-state index is 12.3. The molecular formula is C21H20N4O4. The average Bonchev–Trinajstić information content (AvgIpc) is 2.67. The largest absolute Gasteiger partial charge is 0.379 e. The Morgan fingerprint density at radius 1 is 1.17 bits per heavy atom. The van der Waals surface area contributed by atoms with E-state index in [0.717, 1.165) is 17.5 Å².